The highest BCUT2D eigenvalue weighted by molar-refractivity contribution is 5.73. The minimum absolute atomic E-state index is 0.185. The van der Waals surface area contributed by atoms with Crippen LogP contribution in [0, 0.1) is 0 Å². The van der Waals surface area contributed by atoms with Crippen LogP contribution in [-0.2, 0) is 7.05 Å². The molecular weight excluding hydrogens is 192 g/mol. The second-order valence-corrected chi connectivity index (χ2v) is 3.03. The highest BCUT2D eigenvalue weighted by Gasteiger charge is 2.08. The first-order valence-electron chi connectivity index (χ1n) is 4.29. The van der Waals surface area contributed by atoms with E-state index in [1.165, 1.54) is 0 Å². The molecule has 0 saturated heterocycles. The lowest BCUT2D eigenvalue weighted by Gasteiger charge is -2.01. The number of nitrogens with two attached hydrogens (primary N) is 1. The number of nitrogens with zero attached hydrogens (tertiary/aromatic N) is 5. The Morgan fingerprint density at radius 1 is 1.47 bits per heavy atom. The van der Waals surface area contributed by atoms with E-state index < -0.39 is 0 Å². The number of rotatable bonds is 2. The Balaban J connectivity index is 2.57. The van der Waals surface area contributed by atoms with Crippen molar-refractivity contribution in [3.8, 4) is 11.1 Å². The van der Waals surface area contributed by atoms with Crippen LogP contribution >= 0.6 is 0 Å². The standard InChI is InChI=1S/C9H10N6/c1-11-8-7(4-12-9(10)14-8)6-3-13-15(2)5-6/h3-5H,1H2,2H3,(H2,10,12,14). The van der Waals surface area contributed by atoms with E-state index in [2.05, 4.69) is 26.8 Å². The van der Waals surface area contributed by atoms with Crippen LogP contribution in [0.4, 0.5) is 11.8 Å². The van der Waals surface area contributed by atoms with Crippen molar-refractivity contribution in [3.05, 3.63) is 18.6 Å². The number of anilines is 1. The van der Waals surface area contributed by atoms with Crippen molar-refractivity contribution in [1.29, 1.82) is 0 Å². The molecule has 0 saturated carbocycles. The molecule has 2 heterocycles. The van der Waals surface area contributed by atoms with Gasteiger partial charge in [-0.05, 0) is 6.72 Å². The summed E-state index contributed by atoms with van der Waals surface area (Å²) in [5.74, 6) is 0.653. The molecule has 2 N–H and O–H groups in total. The number of nitrogen functional groups attached to an aromatic ring is 1. The van der Waals surface area contributed by atoms with Gasteiger partial charge in [0.05, 0.1) is 6.20 Å². The summed E-state index contributed by atoms with van der Waals surface area (Å²) in [5, 5.41) is 4.06. The Labute approximate surface area is 86.5 Å². The predicted molar refractivity (Wildman–Crippen MR) is 57.9 cm³/mol. The predicted octanol–water partition coefficient (Wildman–Crippen LogP) is 0.791. The summed E-state index contributed by atoms with van der Waals surface area (Å²) in [4.78, 5) is 11.7. The minimum atomic E-state index is 0.185. The molecule has 0 aliphatic rings. The van der Waals surface area contributed by atoms with Crippen molar-refractivity contribution >= 4 is 18.5 Å². The van der Waals surface area contributed by atoms with Gasteiger partial charge in [0.1, 0.15) is 0 Å². The fourth-order valence-corrected chi connectivity index (χ4v) is 1.27. The number of hydrogen-bond acceptors (Lipinski definition) is 5. The van der Waals surface area contributed by atoms with Crippen molar-refractivity contribution in [2.24, 2.45) is 12.0 Å². The molecule has 15 heavy (non-hydrogen) atoms. The number of aryl methyl sites for hydroxylation is 1. The summed E-state index contributed by atoms with van der Waals surface area (Å²) in [6, 6.07) is 0. The van der Waals surface area contributed by atoms with Gasteiger partial charge in [0.15, 0.2) is 5.82 Å². The summed E-state index contributed by atoms with van der Waals surface area (Å²) in [5.41, 5.74) is 7.11. The smallest absolute Gasteiger partial charge is 0.222 e. The maximum absolute atomic E-state index is 5.46. The Morgan fingerprint density at radius 2 is 2.27 bits per heavy atom. The van der Waals surface area contributed by atoms with Gasteiger partial charge in [-0.2, -0.15) is 10.1 Å². The lowest BCUT2D eigenvalue weighted by Crippen LogP contribution is -1.94. The average molecular weight is 202 g/mol. The van der Waals surface area contributed by atoms with Gasteiger partial charge in [0.2, 0.25) is 5.95 Å². The van der Waals surface area contributed by atoms with E-state index in [9.17, 15) is 0 Å². The number of aromatic nitrogens is 4. The number of aliphatic imine (C=N–C) groups is 1. The van der Waals surface area contributed by atoms with E-state index in [-0.39, 0.29) is 5.95 Å². The fourth-order valence-electron chi connectivity index (χ4n) is 1.27. The molecule has 0 aromatic carbocycles. The van der Waals surface area contributed by atoms with Crippen LogP contribution in [0.15, 0.2) is 23.6 Å². The molecule has 0 bridgehead atoms. The van der Waals surface area contributed by atoms with Crippen LogP contribution in [0.25, 0.3) is 11.1 Å². The molecule has 0 amide bonds. The molecule has 76 valence electrons. The van der Waals surface area contributed by atoms with Crippen LogP contribution in [0.2, 0.25) is 0 Å². The van der Waals surface area contributed by atoms with Crippen LogP contribution in [0.3, 0.4) is 0 Å². The van der Waals surface area contributed by atoms with Gasteiger partial charge in [-0.25, -0.2) is 9.98 Å². The zero-order valence-electron chi connectivity index (χ0n) is 8.25. The maximum Gasteiger partial charge on any atom is 0.222 e. The van der Waals surface area contributed by atoms with E-state index in [1.807, 2.05) is 13.2 Å². The molecule has 0 spiro atoms. The van der Waals surface area contributed by atoms with E-state index in [4.69, 9.17) is 5.73 Å². The molecule has 0 radical (unpaired) electrons. The third-order valence-electron chi connectivity index (χ3n) is 1.95. The van der Waals surface area contributed by atoms with Crippen molar-refractivity contribution in [3.63, 3.8) is 0 Å². The van der Waals surface area contributed by atoms with Crippen molar-refractivity contribution < 1.29 is 0 Å². The van der Waals surface area contributed by atoms with Crippen LogP contribution in [-0.4, -0.2) is 26.5 Å². The highest BCUT2D eigenvalue weighted by Crippen LogP contribution is 2.27. The largest absolute Gasteiger partial charge is 0.368 e. The number of hydrogen-bond donors (Lipinski definition) is 1. The lowest BCUT2D eigenvalue weighted by molar-refractivity contribution is 0.768. The van der Waals surface area contributed by atoms with Crippen molar-refractivity contribution in [2.45, 2.75) is 0 Å². The monoisotopic (exact) mass is 202 g/mol. The molecule has 2 aromatic rings. The normalized spacial score (nSPS) is 10.2. The van der Waals surface area contributed by atoms with Gasteiger partial charge in [-0.15, -0.1) is 0 Å². The first kappa shape index (κ1) is 9.32. The van der Waals surface area contributed by atoms with Crippen LogP contribution in [0.5, 0.6) is 0 Å². The van der Waals surface area contributed by atoms with Gasteiger partial charge in [-0.3, -0.25) is 4.68 Å². The van der Waals surface area contributed by atoms with E-state index in [1.54, 1.807) is 17.1 Å². The summed E-state index contributed by atoms with van der Waals surface area (Å²) < 4.78 is 1.69. The SMILES string of the molecule is C=Nc1nc(N)ncc1-c1cnn(C)c1. The highest BCUT2D eigenvalue weighted by atomic mass is 15.2. The first-order valence-corrected chi connectivity index (χ1v) is 4.29. The zero-order valence-corrected chi connectivity index (χ0v) is 8.25. The minimum Gasteiger partial charge on any atom is -0.368 e. The fraction of sp³-hybridized carbons (Fsp3) is 0.111. The Bertz CT molecular complexity index is 501. The molecule has 0 atom stereocenters. The molecule has 0 unspecified atom stereocenters. The van der Waals surface area contributed by atoms with Gasteiger partial charge in [0, 0.05) is 30.6 Å². The van der Waals surface area contributed by atoms with Crippen molar-refractivity contribution in [2.75, 3.05) is 5.73 Å². The molecular formula is C9H10N6. The Hall–Kier alpha value is -2.24. The van der Waals surface area contributed by atoms with E-state index in [0.29, 0.717) is 5.82 Å². The second kappa shape index (κ2) is 3.49. The third-order valence-corrected chi connectivity index (χ3v) is 1.95. The lowest BCUT2D eigenvalue weighted by atomic mass is 10.2. The van der Waals surface area contributed by atoms with Gasteiger partial charge in [-0.1, -0.05) is 0 Å². The quantitative estimate of drug-likeness (QED) is 0.730. The summed E-state index contributed by atoms with van der Waals surface area (Å²) in [6.07, 6.45) is 5.18. The maximum atomic E-state index is 5.46. The van der Waals surface area contributed by atoms with E-state index >= 15 is 0 Å². The molecule has 6 nitrogen and oxygen atoms in total. The Kier molecular flexibility index (Phi) is 2.17. The molecule has 6 heteroatoms. The molecule has 2 rings (SSSR count). The van der Waals surface area contributed by atoms with Crippen LogP contribution < -0.4 is 5.73 Å². The molecule has 0 fully saturated rings. The van der Waals surface area contributed by atoms with Crippen LogP contribution in [0.1, 0.15) is 0 Å². The topological polar surface area (TPSA) is 82.0 Å². The first-order chi connectivity index (χ1) is 7.20. The third kappa shape index (κ3) is 1.69. The van der Waals surface area contributed by atoms with Gasteiger partial charge >= 0.3 is 0 Å². The summed E-state index contributed by atoms with van der Waals surface area (Å²) in [7, 11) is 1.84. The van der Waals surface area contributed by atoms with Gasteiger partial charge in [0.25, 0.3) is 0 Å². The van der Waals surface area contributed by atoms with Gasteiger partial charge < -0.3 is 5.73 Å². The van der Waals surface area contributed by atoms with Crippen molar-refractivity contribution in [1.82, 2.24) is 19.7 Å². The van der Waals surface area contributed by atoms with E-state index in [0.717, 1.165) is 11.1 Å². The molecule has 0 aliphatic carbocycles. The Morgan fingerprint density at radius 3 is 2.87 bits per heavy atom. The average Bonchev–Trinajstić information content (AvgIpc) is 2.64. The summed E-state index contributed by atoms with van der Waals surface area (Å²) in [6.45, 7) is 3.44. The molecule has 2 aromatic heterocycles. The summed E-state index contributed by atoms with van der Waals surface area (Å²) >= 11 is 0. The second-order valence-electron chi connectivity index (χ2n) is 3.03. The zero-order chi connectivity index (χ0) is 10.8. The molecule has 0 aliphatic heterocycles.